The van der Waals surface area contributed by atoms with Crippen LogP contribution in [0.25, 0.3) is 10.8 Å². The van der Waals surface area contributed by atoms with E-state index in [-0.39, 0.29) is 17.2 Å². The van der Waals surface area contributed by atoms with Crippen molar-refractivity contribution >= 4 is 17.1 Å². The normalized spacial score (nSPS) is 20.9. The van der Waals surface area contributed by atoms with Crippen LogP contribution in [0, 0.1) is 0 Å². The predicted molar refractivity (Wildman–Crippen MR) is 94.8 cm³/mol. The summed E-state index contributed by atoms with van der Waals surface area (Å²) in [5, 5.41) is 13.8. The lowest BCUT2D eigenvalue weighted by Gasteiger charge is -2.51. The highest BCUT2D eigenvalue weighted by atomic mass is 16.5. The first-order chi connectivity index (χ1) is 11.2. The standard InChI is InChI=1S/C20H25NO3/c1-19(2)11-15(12-20(3,4)21(19)23)24-18-10-9-14-7-5-6-8-16(14)17(18)13-22/h5-10,13,15,23H,11-12H2,1-4H3. The fraction of sp³-hybridized carbons (Fsp3) is 0.450. The SMILES string of the molecule is CC1(C)CC(Oc2ccc3ccccc3c2C=O)CC(C)(C)N1O. The molecule has 0 radical (unpaired) electrons. The van der Waals surface area contributed by atoms with E-state index in [0.717, 1.165) is 17.1 Å². The van der Waals surface area contributed by atoms with Gasteiger partial charge >= 0.3 is 0 Å². The summed E-state index contributed by atoms with van der Waals surface area (Å²) in [7, 11) is 0. The molecule has 0 aromatic heterocycles. The third-order valence-electron chi connectivity index (χ3n) is 4.94. The lowest BCUT2D eigenvalue weighted by Crippen LogP contribution is -2.61. The first-order valence-electron chi connectivity index (χ1n) is 8.37. The Labute approximate surface area is 143 Å². The lowest BCUT2D eigenvalue weighted by atomic mass is 9.80. The first kappa shape index (κ1) is 16.9. The maximum atomic E-state index is 11.7. The van der Waals surface area contributed by atoms with Crippen molar-refractivity contribution in [3.8, 4) is 5.75 Å². The molecule has 4 nitrogen and oxygen atoms in total. The largest absolute Gasteiger partial charge is 0.490 e. The summed E-state index contributed by atoms with van der Waals surface area (Å²) in [5.74, 6) is 0.617. The Morgan fingerprint density at radius 1 is 1.08 bits per heavy atom. The molecule has 0 saturated carbocycles. The Morgan fingerprint density at radius 2 is 1.71 bits per heavy atom. The quantitative estimate of drug-likeness (QED) is 0.847. The number of carbonyl (C=O) groups excluding carboxylic acids is 1. The van der Waals surface area contributed by atoms with E-state index in [1.54, 1.807) is 0 Å². The number of piperidine rings is 1. The third kappa shape index (κ3) is 2.92. The maximum absolute atomic E-state index is 11.7. The van der Waals surface area contributed by atoms with Gasteiger partial charge in [0.05, 0.1) is 5.56 Å². The highest BCUT2D eigenvalue weighted by Crippen LogP contribution is 2.39. The molecule has 2 aromatic carbocycles. The summed E-state index contributed by atoms with van der Waals surface area (Å²) in [6, 6.07) is 11.7. The number of nitrogens with zero attached hydrogens (tertiary/aromatic N) is 1. The summed E-state index contributed by atoms with van der Waals surface area (Å²) in [5.41, 5.74) is -0.176. The fourth-order valence-corrected chi connectivity index (χ4v) is 3.94. The second-order valence-corrected chi connectivity index (χ2v) is 7.90. The molecular formula is C20H25NO3. The van der Waals surface area contributed by atoms with E-state index in [0.29, 0.717) is 24.2 Å². The summed E-state index contributed by atoms with van der Waals surface area (Å²) in [6.07, 6.45) is 2.20. The van der Waals surface area contributed by atoms with E-state index in [1.165, 1.54) is 5.06 Å². The fourth-order valence-electron chi connectivity index (χ4n) is 3.94. The molecule has 0 unspecified atom stereocenters. The highest BCUT2D eigenvalue weighted by molar-refractivity contribution is 6.00. The van der Waals surface area contributed by atoms with E-state index >= 15 is 0 Å². The van der Waals surface area contributed by atoms with Gasteiger partial charge in [0.25, 0.3) is 0 Å². The zero-order valence-corrected chi connectivity index (χ0v) is 14.7. The van der Waals surface area contributed by atoms with Crippen LogP contribution >= 0.6 is 0 Å². The maximum Gasteiger partial charge on any atom is 0.154 e. The first-order valence-corrected chi connectivity index (χ1v) is 8.37. The van der Waals surface area contributed by atoms with E-state index < -0.39 is 0 Å². The molecule has 3 rings (SSSR count). The van der Waals surface area contributed by atoms with Crippen LogP contribution in [0.5, 0.6) is 5.75 Å². The van der Waals surface area contributed by atoms with Gasteiger partial charge < -0.3 is 9.94 Å². The molecule has 1 N–H and O–H groups in total. The average molecular weight is 327 g/mol. The van der Waals surface area contributed by atoms with Gasteiger partial charge in [-0.25, -0.2) is 0 Å². The van der Waals surface area contributed by atoms with Crippen molar-refractivity contribution in [2.45, 2.75) is 57.7 Å². The second-order valence-electron chi connectivity index (χ2n) is 7.90. The zero-order chi connectivity index (χ0) is 17.5. The van der Waals surface area contributed by atoms with Crippen molar-refractivity contribution in [1.82, 2.24) is 5.06 Å². The summed E-state index contributed by atoms with van der Waals surface area (Å²) < 4.78 is 6.24. The molecule has 128 valence electrons. The van der Waals surface area contributed by atoms with Crippen molar-refractivity contribution in [1.29, 1.82) is 0 Å². The molecule has 1 aliphatic heterocycles. The van der Waals surface area contributed by atoms with Crippen molar-refractivity contribution in [2.75, 3.05) is 0 Å². The second kappa shape index (κ2) is 5.87. The van der Waals surface area contributed by atoms with E-state index in [9.17, 15) is 10.0 Å². The van der Waals surface area contributed by atoms with Crippen molar-refractivity contribution in [3.63, 3.8) is 0 Å². The molecule has 24 heavy (non-hydrogen) atoms. The zero-order valence-electron chi connectivity index (χ0n) is 14.7. The predicted octanol–water partition coefficient (Wildman–Crippen LogP) is 4.44. The number of benzene rings is 2. The third-order valence-corrected chi connectivity index (χ3v) is 4.94. The number of hydroxylamine groups is 2. The Morgan fingerprint density at radius 3 is 2.33 bits per heavy atom. The van der Waals surface area contributed by atoms with Gasteiger partial charge in [0.2, 0.25) is 0 Å². The van der Waals surface area contributed by atoms with Crippen LogP contribution in [0.1, 0.15) is 50.9 Å². The molecule has 2 aromatic rings. The van der Waals surface area contributed by atoms with E-state index in [1.807, 2.05) is 64.1 Å². The van der Waals surface area contributed by atoms with Crippen LogP contribution in [-0.2, 0) is 0 Å². The molecule has 0 amide bonds. The number of rotatable bonds is 3. The Bertz CT molecular complexity index is 749. The van der Waals surface area contributed by atoms with E-state index in [2.05, 4.69) is 0 Å². The Hall–Kier alpha value is -1.91. The van der Waals surface area contributed by atoms with Crippen LogP contribution in [0.4, 0.5) is 0 Å². The Kier molecular flexibility index (Phi) is 4.14. The average Bonchev–Trinajstić information content (AvgIpc) is 2.52. The number of hydrogen-bond acceptors (Lipinski definition) is 4. The van der Waals surface area contributed by atoms with Gasteiger partial charge in [-0.2, -0.15) is 5.06 Å². The number of aldehydes is 1. The minimum Gasteiger partial charge on any atom is -0.490 e. The summed E-state index contributed by atoms with van der Waals surface area (Å²) in [6.45, 7) is 8.02. The number of hydrogen-bond donors (Lipinski definition) is 1. The minimum atomic E-state index is -0.384. The lowest BCUT2D eigenvalue weighted by molar-refractivity contribution is -0.254. The van der Waals surface area contributed by atoms with Gasteiger partial charge in [-0.1, -0.05) is 30.3 Å². The van der Waals surface area contributed by atoms with Crippen molar-refractivity contribution in [2.24, 2.45) is 0 Å². The smallest absolute Gasteiger partial charge is 0.154 e. The van der Waals surface area contributed by atoms with Gasteiger partial charge in [0.1, 0.15) is 11.9 Å². The van der Waals surface area contributed by atoms with Gasteiger partial charge in [0.15, 0.2) is 6.29 Å². The molecule has 1 aliphatic rings. The molecule has 1 heterocycles. The minimum absolute atomic E-state index is 0.0572. The number of ether oxygens (including phenoxy) is 1. The Balaban J connectivity index is 1.94. The van der Waals surface area contributed by atoms with Crippen LogP contribution in [0.2, 0.25) is 0 Å². The van der Waals surface area contributed by atoms with Crippen molar-refractivity contribution < 1.29 is 14.7 Å². The van der Waals surface area contributed by atoms with Gasteiger partial charge in [-0.3, -0.25) is 4.79 Å². The molecule has 1 fully saturated rings. The van der Waals surface area contributed by atoms with E-state index in [4.69, 9.17) is 4.74 Å². The van der Waals surface area contributed by atoms with Crippen LogP contribution in [0.3, 0.4) is 0 Å². The van der Waals surface area contributed by atoms with Crippen LogP contribution in [-0.4, -0.2) is 33.7 Å². The topological polar surface area (TPSA) is 49.8 Å². The van der Waals surface area contributed by atoms with Crippen LogP contribution in [0.15, 0.2) is 36.4 Å². The molecular weight excluding hydrogens is 302 g/mol. The van der Waals surface area contributed by atoms with Gasteiger partial charge in [-0.05, 0) is 44.5 Å². The summed E-state index contributed by atoms with van der Waals surface area (Å²) >= 11 is 0. The number of fused-ring (bicyclic) bond motifs is 1. The molecule has 0 bridgehead atoms. The molecule has 0 spiro atoms. The number of carbonyl (C=O) groups is 1. The molecule has 0 atom stereocenters. The van der Waals surface area contributed by atoms with Gasteiger partial charge in [0, 0.05) is 23.9 Å². The molecule has 4 heteroatoms. The van der Waals surface area contributed by atoms with Gasteiger partial charge in [-0.15, -0.1) is 0 Å². The highest BCUT2D eigenvalue weighted by Gasteiger charge is 2.46. The van der Waals surface area contributed by atoms with Crippen LogP contribution < -0.4 is 4.74 Å². The molecule has 0 aliphatic carbocycles. The van der Waals surface area contributed by atoms with Crippen molar-refractivity contribution in [3.05, 3.63) is 42.0 Å². The molecule has 1 saturated heterocycles. The monoisotopic (exact) mass is 327 g/mol. The summed E-state index contributed by atoms with van der Waals surface area (Å²) in [4.78, 5) is 11.7.